The van der Waals surface area contributed by atoms with Crippen molar-refractivity contribution in [2.24, 2.45) is 5.92 Å². The number of benzene rings is 1. The van der Waals surface area contributed by atoms with Crippen molar-refractivity contribution in [1.82, 2.24) is 5.32 Å². The van der Waals surface area contributed by atoms with E-state index < -0.39 is 0 Å². The van der Waals surface area contributed by atoms with Gasteiger partial charge in [-0.15, -0.1) is 11.3 Å². The van der Waals surface area contributed by atoms with E-state index in [2.05, 4.69) is 21.2 Å². The number of hydrogen-bond donors (Lipinski definition) is 3. The number of amides is 1. The maximum Gasteiger partial charge on any atom is 0.263 e. The number of hydrogen-bond acceptors (Lipinski definition) is 4. The highest BCUT2D eigenvalue weighted by Gasteiger charge is 2.17. The van der Waals surface area contributed by atoms with Crippen LogP contribution in [-0.2, 0) is 0 Å². The molecule has 1 unspecified atom stereocenters. The van der Waals surface area contributed by atoms with Crippen LogP contribution in [0.3, 0.4) is 0 Å². The number of aliphatic hydroxyl groups excluding tert-OH is 1. The van der Waals surface area contributed by atoms with Crippen molar-refractivity contribution in [3.8, 4) is 0 Å². The lowest BCUT2D eigenvalue weighted by molar-refractivity contribution is 0.0957. The van der Waals surface area contributed by atoms with Crippen LogP contribution in [0.4, 0.5) is 5.69 Å². The molecule has 0 bridgehead atoms. The molecule has 114 valence electrons. The van der Waals surface area contributed by atoms with Crippen LogP contribution in [0.5, 0.6) is 0 Å². The predicted octanol–water partition coefficient (Wildman–Crippen LogP) is 3.38. The Bertz CT molecular complexity index is 642. The molecule has 0 aliphatic rings. The molecule has 1 amide bonds. The number of thiophene rings is 1. The van der Waals surface area contributed by atoms with Crippen LogP contribution in [0.25, 0.3) is 10.1 Å². The van der Waals surface area contributed by atoms with E-state index in [4.69, 9.17) is 10.8 Å². The number of nitrogens with one attached hydrogen (secondary N) is 1. The molecule has 2 aromatic rings. The van der Waals surface area contributed by atoms with E-state index in [0.29, 0.717) is 17.1 Å². The lowest BCUT2D eigenvalue weighted by Gasteiger charge is -2.08. The van der Waals surface area contributed by atoms with Crippen molar-refractivity contribution < 1.29 is 9.90 Å². The van der Waals surface area contributed by atoms with E-state index in [9.17, 15) is 4.79 Å². The van der Waals surface area contributed by atoms with E-state index >= 15 is 0 Å². The Hall–Kier alpha value is -1.11. The van der Waals surface area contributed by atoms with Gasteiger partial charge in [-0.2, -0.15) is 0 Å². The van der Waals surface area contributed by atoms with Gasteiger partial charge >= 0.3 is 0 Å². The minimum absolute atomic E-state index is 0.128. The smallest absolute Gasteiger partial charge is 0.263 e. The molecule has 0 fully saturated rings. The van der Waals surface area contributed by atoms with Gasteiger partial charge in [0, 0.05) is 27.7 Å². The van der Waals surface area contributed by atoms with Gasteiger partial charge in [-0.1, -0.05) is 28.9 Å². The molecule has 21 heavy (non-hydrogen) atoms. The van der Waals surface area contributed by atoms with Crippen molar-refractivity contribution in [3.63, 3.8) is 0 Å². The molecule has 2 rings (SSSR count). The number of rotatable bonds is 6. The molecule has 0 spiro atoms. The second-order valence-corrected chi connectivity index (χ2v) is 7.05. The topological polar surface area (TPSA) is 75.3 Å². The number of anilines is 1. The van der Waals surface area contributed by atoms with Crippen molar-refractivity contribution in [2.45, 2.75) is 19.8 Å². The highest BCUT2D eigenvalue weighted by atomic mass is 79.9. The quantitative estimate of drug-likeness (QED) is 0.682. The number of fused-ring (bicyclic) bond motifs is 1. The summed E-state index contributed by atoms with van der Waals surface area (Å²) >= 11 is 4.88. The van der Waals surface area contributed by atoms with Gasteiger partial charge in [-0.05, 0) is 30.9 Å². The fourth-order valence-corrected chi connectivity index (χ4v) is 3.90. The Morgan fingerprint density at radius 2 is 2.29 bits per heavy atom. The lowest BCUT2D eigenvalue weighted by atomic mass is 10.1. The summed E-state index contributed by atoms with van der Waals surface area (Å²) in [6, 6.07) is 5.81. The zero-order chi connectivity index (χ0) is 15.4. The summed E-state index contributed by atoms with van der Waals surface area (Å²) in [5.74, 6) is 0.143. The van der Waals surface area contributed by atoms with Crippen LogP contribution in [0.1, 0.15) is 29.4 Å². The average molecular weight is 371 g/mol. The van der Waals surface area contributed by atoms with E-state index in [1.165, 1.54) is 11.3 Å². The normalized spacial score (nSPS) is 12.5. The highest BCUT2D eigenvalue weighted by molar-refractivity contribution is 9.10. The first-order chi connectivity index (χ1) is 10.0. The number of carbonyl (C=O) groups excluding carboxylic acids is 1. The molecule has 0 radical (unpaired) electrons. The van der Waals surface area contributed by atoms with Gasteiger partial charge in [-0.25, -0.2) is 0 Å². The highest BCUT2D eigenvalue weighted by Crippen LogP contribution is 2.37. The number of carbonyl (C=O) groups is 1. The third kappa shape index (κ3) is 3.75. The summed E-state index contributed by atoms with van der Waals surface area (Å²) in [6.45, 7) is 2.77. The first-order valence-electron chi connectivity index (χ1n) is 6.90. The van der Waals surface area contributed by atoms with Crippen molar-refractivity contribution in [1.29, 1.82) is 0 Å². The average Bonchev–Trinajstić information content (AvgIpc) is 2.81. The Balaban J connectivity index is 2.03. The zero-order valence-corrected chi connectivity index (χ0v) is 14.3. The fourth-order valence-electron chi connectivity index (χ4n) is 2.12. The molecule has 1 aromatic carbocycles. The number of aliphatic hydroxyl groups is 1. The summed E-state index contributed by atoms with van der Waals surface area (Å²) in [5, 5.41) is 12.8. The van der Waals surface area contributed by atoms with E-state index in [0.717, 1.165) is 27.4 Å². The molecule has 1 heterocycles. The Morgan fingerprint density at radius 1 is 1.52 bits per heavy atom. The fraction of sp³-hybridized carbons (Fsp3) is 0.400. The first kappa shape index (κ1) is 16.3. The summed E-state index contributed by atoms with van der Waals surface area (Å²) in [5.41, 5.74) is 6.63. The maximum absolute atomic E-state index is 12.2. The van der Waals surface area contributed by atoms with Crippen LogP contribution in [0.2, 0.25) is 0 Å². The summed E-state index contributed by atoms with van der Waals surface area (Å²) in [6.07, 6.45) is 1.74. The Labute approximate surface area is 136 Å². The Kier molecular flexibility index (Phi) is 5.61. The van der Waals surface area contributed by atoms with Crippen molar-refractivity contribution in [3.05, 3.63) is 27.5 Å². The summed E-state index contributed by atoms with van der Waals surface area (Å²) in [4.78, 5) is 12.8. The third-order valence-electron chi connectivity index (χ3n) is 3.38. The monoisotopic (exact) mass is 370 g/mol. The minimum atomic E-state index is -0.128. The van der Waals surface area contributed by atoms with Crippen molar-refractivity contribution in [2.75, 3.05) is 18.9 Å². The van der Waals surface area contributed by atoms with Gasteiger partial charge in [0.1, 0.15) is 4.88 Å². The van der Waals surface area contributed by atoms with E-state index in [1.54, 1.807) is 0 Å². The van der Waals surface area contributed by atoms with Gasteiger partial charge in [0.05, 0.1) is 5.69 Å². The molecule has 4 nitrogen and oxygen atoms in total. The first-order valence-corrected chi connectivity index (χ1v) is 8.51. The van der Waals surface area contributed by atoms with Crippen LogP contribution >= 0.6 is 27.3 Å². The molecule has 0 saturated heterocycles. The van der Waals surface area contributed by atoms with Gasteiger partial charge in [0.25, 0.3) is 5.91 Å². The summed E-state index contributed by atoms with van der Waals surface area (Å²) in [7, 11) is 0. The largest absolute Gasteiger partial charge is 0.397 e. The van der Waals surface area contributed by atoms with Gasteiger partial charge in [0.2, 0.25) is 0 Å². The number of halogens is 1. The number of nitrogens with two attached hydrogens (primary N) is 1. The SMILES string of the molecule is CC(CO)CCCNC(=O)c1sc2cccc(Br)c2c1N. The molecule has 0 aliphatic heterocycles. The molecule has 0 aliphatic carbocycles. The molecular formula is C15H19BrN2O2S. The standard InChI is InChI=1S/C15H19BrN2O2S/c1-9(8-19)4-3-7-18-15(20)14-13(17)12-10(16)5-2-6-11(12)21-14/h2,5-6,9,19H,3-4,7-8,17H2,1H3,(H,18,20). The molecule has 6 heteroatoms. The maximum atomic E-state index is 12.2. The zero-order valence-electron chi connectivity index (χ0n) is 11.9. The van der Waals surface area contributed by atoms with E-state index in [1.807, 2.05) is 25.1 Å². The molecular weight excluding hydrogens is 352 g/mol. The van der Waals surface area contributed by atoms with Crippen LogP contribution in [0.15, 0.2) is 22.7 Å². The van der Waals surface area contributed by atoms with Crippen LogP contribution in [0, 0.1) is 5.92 Å². The van der Waals surface area contributed by atoms with E-state index in [-0.39, 0.29) is 18.4 Å². The van der Waals surface area contributed by atoms with Gasteiger partial charge in [0.15, 0.2) is 0 Å². The molecule has 4 N–H and O–H groups in total. The second-order valence-electron chi connectivity index (χ2n) is 5.14. The lowest BCUT2D eigenvalue weighted by Crippen LogP contribution is -2.24. The van der Waals surface area contributed by atoms with Crippen LogP contribution in [-0.4, -0.2) is 24.2 Å². The van der Waals surface area contributed by atoms with Crippen LogP contribution < -0.4 is 11.1 Å². The molecule has 1 atom stereocenters. The van der Waals surface area contributed by atoms with Gasteiger partial charge in [-0.3, -0.25) is 4.79 Å². The molecule has 1 aromatic heterocycles. The summed E-state index contributed by atoms with van der Waals surface area (Å²) < 4.78 is 1.91. The van der Waals surface area contributed by atoms with Gasteiger partial charge < -0.3 is 16.2 Å². The third-order valence-corrected chi connectivity index (χ3v) is 5.21. The molecule has 0 saturated carbocycles. The minimum Gasteiger partial charge on any atom is -0.397 e. The second kappa shape index (κ2) is 7.24. The predicted molar refractivity (Wildman–Crippen MR) is 91.8 cm³/mol. The Morgan fingerprint density at radius 3 is 2.95 bits per heavy atom. The number of nitrogen functional groups attached to an aromatic ring is 1. The van der Waals surface area contributed by atoms with Crippen molar-refractivity contribution >= 4 is 48.9 Å².